The second-order valence-electron chi connectivity index (χ2n) is 7.06. The van der Waals surface area contributed by atoms with Gasteiger partial charge in [0, 0.05) is 25.0 Å². The number of nitrogens with zero attached hydrogens (tertiary/aromatic N) is 1. The van der Waals surface area contributed by atoms with E-state index in [4.69, 9.17) is 5.73 Å². The second-order valence-corrected chi connectivity index (χ2v) is 7.06. The van der Waals surface area contributed by atoms with Crippen molar-refractivity contribution in [2.75, 3.05) is 26.2 Å². The summed E-state index contributed by atoms with van der Waals surface area (Å²) in [6.45, 7) is 7.06. The highest BCUT2D eigenvalue weighted by molar-refractivity contribution is 5.78. The molecule has 2 rings (SSSR count). The number of β-amino-alcohol motifs (C(OH)–C–C–N with tert-alkyl or cyclic N) is 1. The van der Waals surface area contributed by atoms with Gasteiger partial charge in [-0.3, -0.25) is 4.79 Å². The van der Waals surface area contributed by atoms with E-state index in [2.05, 4.69) is 10.2 Å². The molecule has 3 unspecified atom stereocenters. The van der Waals surface area contributed by atoms with E-state index in [0.717, 1.165) is 38.0 Å². The first kappa shape index (κ1) is 18.9. The van der Waals surface area contributed by atoms with Crippen LogP contribution in [0, 0.1) is 11.8 Å². The van der Waals surface area contributed by atoms with Crippen LogP contribution in [-0.2, 0) is 4.79 Å². The Hall–Kier alpha value is -1.43. The minimum absolute atomic E-state index is 0.0481. The van der Waals surface area contributed by atoms with Gasteiger partial charge in [-0.1, -0.05) is 37.3 Å². The summed E-state index contributed by atoms with van der Waals surface area (Å²) in [7, 11) is 0. The number of carbonyl (C=O) groups excluding carboxylic acids is 1. The molecule has 1 heterocycles. The number of piperidine rings is 1. The number of amides is 1. The first-order valence-corrected chi connectivity index (χ1v) is 8.96. The van der Waals surface area contributed by atoms with Gasteiger partial charge in [0.15, 0.2) is 0 Å². The molecule has 0 bridgehead atoms. The molecule has 0 aliphatic carbocycles. The number of likely N-dealkylation sites (tertiary alicyclic amines) is 1. The molecule has 1 aromatic carbocycles. The highest BCUT2D eigenvalue weighted by atomic mass is 16.3. The summed E-state index contributed by atoms with van der Waals surface area (Å²) in [5.74, 6) is 0.414. The maximum Gasteiger partial charge on any atom is 0.224 e. The number of aliphatic hydroxyl groups excluding tert-OH is 1. The van der Waals surface area contributed by atoms with Gasteiger partial charge in [-0.2, -0.15) is 0 Å². The molecule has 5 nitrogen and oxygen atoms in total. The lowest BCUT2D eigenvalue weighted by Gasteiger charge is -2.33. The summed E-state index contributed by atoms with van der Waals surface area (Å²) >= 11 is 0. The molecule has 0 spiro atoms. The van der Waals surface area contributed by atoms with E-state index in [0.29, 0.717) is 12.5 Å². The van der Waals surface area contributed by atoms with Crippen molar-refractivity contribution in [3.8, 4) is 0 Å². The van der Waals surface area contributed by atoms with Crippen molar-refractivity contribution in [1.29, 1.82) is 0 Å². The predicted molar refractivity (Wildman–Crippen MR) is 96.4 cm³/mol. The van der Waals surface area contributed by atoms with Crippen molar-refractivity contribution in [3.63, 3.8) is 0 Å². The summed E-state index contributed by atoms with van der Waals surface area (Å²) in [4.78, 5) is 14.3. The average molecular weight is 333 g/mol. The molecule has 1 amide bonds. The Morgan fingerprint density at radius 2 is 1.92 bits per heavy atom. The van der Waals surface area contributed by atoms with Crippen molar-refractivity contribution < 1.29 is 9.90 Å². The molecule has 1 aliphatic rings. The minimum atomic E-state index is -0.436. The van der Waals surface area contributed by atoms with Gasteiger partial charge in [-0.25, -0.2) is 0 Å². The number of rotatable bonds is 7. The number of carbonyl (C=O) groups is 1. The van der Waals surface area contributed by atoms with Crippen LogP contribution in [0.5, 0.6) is 0 Å². The zero-order valence-electron chi connectivity index (χ0n) is 14.8. The molecule has 1 aromatic rings. The van der Waals surface area contributed by atoms with Gasteiger partial charge >= 0.3 is 0 Å². The maximum absolute atomic E-state index is 12.0. The van der Waals surface area contributed by atoms with Gasteiger partial charge < -0.3 is 21.1 Å². The molecule has 134 valence electrons. The molecule has 1 saturated heterocycles. The fraction of sp³-hybridized carbons (Fsp3) is 0.632. The number of hydrogen-bond donors (Lipinski definition) is 3. The van der Waals surface area contributed by atoms with E-state index < -0.39 is 6.10 Å². The van der Waals surface area contributed by atoms with Crippen LogP contribution in [0.4, 0.5) is 0 Å². The Balaban J connectivity index is 1.69. The number of hydrogen-bond acceptors (Lipinski definition) is 4. The first-order chi connectivity index (χ1) is 11.5. The summed E-state index contributed by atoms with van der Waals surface area (Å²) in [5, 5.41) is 13.3. The molecular weight excluding hydrogens is 302 g/mol. The Bertz CT molecular complexity index is 499. The summed E-state index contributed by atoms with van der Waals surface area (Å²) in [6.07, 6.45) is 1.66. The van der Waals surface area contributed by atoms with Gasteiger partial charge in [0.2, 0.25) is 5.91 Å². The lowest BCUT2D eigenvalue weighted by Crippen LogP contribution is -2.43. The van der Waals surface area contributed by atoms with Crippen LogP contribution >= 0.6 is 0 Å². The topological polar surface area (TPSA) is 78.6 Å². The molecule has 4 N–H and O–H groups in total. The Morgan fingerprint density at radius 3 is 2.50 bits per heavy atom. The fourth-order valence-electron chi connectivity index (χ4n) is 3.04. The van der Waals surface area contributed by atoms with Gasteiger partial charge in [0.25, 0.3) is 0 Å². The van der Waals surface area contributed by atoms with E-state index in [-0.39, 0.29) is 17.9 Å². The van der Waals surface area contributed by atoms with Crippen molar-refractivity contribution in [1.82, 2.24) is 10.2 Å². The molecule has 1 aliphatic heterocycles. The summed E-state index contributed by atoms with van der Waals surface area (Å²) < 4.78 is 0. The molecule has 0 radical (unpaired) electrons. The predicted octanol–water partition coefficient (Wildman–Crippen LogP) is 1.53. The van der Waals surface area contributed by atoms with Gasteiger partial charge in [0.1, 0.15) is 0 Å². The van der Waals surface area contributed by atoms with E-state index >= 15 is 0 Å². The summed E-state index contributed by atoms with van der Waals surface area (Å²) in [6, 6.07) is 9.68. The van der Waals surface area contributed by atoms with Crippen molar-refractivity contribution in [2.24, 2.45) is 17.6 Å². The van der Waals surface area contributed by atoms with Crippen LogP contribution in [0.1, 0.15) is 38.4 Å². The third kappa shape index (κ3) is 5.58. The highest BCUT2D eigenvalue weighted by Crippen LogP contribution is 2.20. The summed E-state index contributed by atoms with van der Waals surface area (Å²) in [5.41, 5.74) is 6.74. The van der Waals surface area contributed by atoms with Crippen molar-refractivity contribution in [3.05, 3.63) is 35.9 Å². The van der Waals surface area contributed by atoms with Crippen LogP contribution < -0.4 is 11.1 Å². The smallest absolute Gasteiger partial charge is 0.224 e. The van der Waals surface area contributed by atoms with E-state index in [1.54, 1.807) is 0 Å². The van der Waals surface area contributed by atoms with Crippen LogP contribution in [0.2, 0.25) is 0 Å². The molecule has 24 heavy (non-hydrogen) atoms. The van der Waals surface area contributed by atoms with Crippen LogP contribution in [0.25, 0.3) is 0 Å². The van der Waals surface area contributed by atoms with Gasteiger partial charge in [-0.05, 0) is 44.3 Å². The van der Waals surface area contributed by atoms with Crippen molar-refractivity contribution >= 4 is 5.91 Å². The van der Waals surface area contributed by atoms with E-state index in [9.17, 15) is 9.90 Å². The second kappa shape index (κ2) is 9.16. The Morgan fingerprint density at radius 1 is 1.29 bits per heavy atom. The van der Waals surface area contributed by atoms with E-state index in [1.165, 1.54) is 0 Å². The molecule has 3 atom stereocenters. The third-order valence-corrected chi connectivity index (χ3v) is 5.09. The van der Waals surface area contributed by atoms with Crippen molar-refractivity contribution in [2.45, 2.75) is 38.8 Å². The first-order valence-electron chi connectivity index (χ1n) is 8.96. The van der Waals surface area contributed by atoms with Crippen LogP contribution in [0.15, 0.2) is 30.3 Å². The molecular formula is C19H31N3O2. The molecule has 1 fully saturated rings. The molecule has 0 aromatic heterocycles. The van der Waals surface area contributed by atoms with Crippen LogP contribution in [-0.4, -0.2) is 48.1 Å². The highest BCUT2D eigenvalue weighted by Gasteiger charge is 2.23. The SMILES string of the molecule is CC(N)C(C)C(=O)NCC1CCN(CC(O)c2ccccc2)CC1. The zero-order chi connectivity index (χ0) is 17.5. The number of aliphatic hydroxyl groups is 1. The maximum atomic E-state index is 12.0. The normalized spacial score (nSPS) is 20.3. The van der Waals surface area contributed by atoms with Crippen LogP contribution in [0.3, 0.4) is 0 Å². The fourth-order valence-corrected chi connectivity index (χ4v) is 3.04. The number of nitrogens with two attached hydrogens (primary N) is 1. The lowest BCUT2D eigenvalue weighted by atomic mass is 9.95. The molecule has 5 heteroatoms. The van der Waals surface area contributed by atoms with Gasteiger partial charge in [-0.15, -0.1) is 0 Å². The average Bonchev–Trinajstić information content (AvgIpc) is 2.60. The minimum Gasteiger partial charge on any atom is -0.387 e. The standard InChI is InChI=1S/C19H31N3O2/c1-14(15(2)20)19(24)21-12-16-8-10-22(11-9-16)13-18(23)17-6-4-3-5-7-17/h3-7,14-16,18,23H,8-13,20H2,1-2H3,(H,21,24). The number of nitrogens with one attached hydrogen (secondary N) is 1. The molecule has 0 saturated carbocycles. The number of benzene rings is 1. The zero-order valence-corrected chi connectivity index (χ0v) is 14.8. The lowest BCUT2D eigenvalue weighted by molar-refractivity contribution is -0.125. The van der Waals surface area contributed by atoms with Gasteiger partial charge in [0.05, 0.1) is 6.10 Å². The Kier molecular flexibility index (Phi) is 7.21. The quantitative estimate of drug-likeness (QED) is 0.707. The largest absolute Gasteiger partial charge is 0.387 e. The third-order valence-electron chi connectivity index (χ3n) is 5.09. The monoisotopic (exact) mass is 333 g/mol. The Labute approximate surface area is 145 Å². The van der Waals surface area contributed by atoms with E-state index in [1.807, 2.05) is 44.2 Å².